The largest absolute Gasteiger partial charge is 0.508 e. The van der Waals surface area contributed by atoms with E-state index in [2.05, 4.69) is 6.07 Å². The molecule has 0 fully saturated rings. The lowest BCUT2D eigenvalue weighted by Gasteiger charge is -2.25. The molecule has 1 aliphatic rings. The van der Waals surface area contributed by atoms with Crippen LogP contribution >= 0.6 is 11.3 Å². The third-order valence-corrected chi connectivity index (χ3v) is 9.30. The van der Waals surface area contributed by atoms with Gasteiger partial charge in [-0.25, -0.2) is 4.98 Å². The number of aromatic nitrogens is 1. The number of aromatic hydroxyl groups is 1. The van der Waals surface area contributed by atoms with E-state index in [-0.39, 0.29) is 5.75 Å². The van der Waals surface area contributed by atoms with E-state index < -0.39 is 6.29 Å². The molecule has 6 rings (SSSR count). The summed E-state index contributed by atoms with van der Waals surface area (Å²) in [6.45, 7) is 1.22. The van der Waals surface area contributed by atoms with E-state index in [9.17, 15) is 10.2 Å². The number of para-hydroxylation sites is 1. The minimum atomic E-state index is -1.09. The lowest BCUT2D eigenvalue weighted by atomic mass is 9.94. The van der Waals surface area contributed by atoms with Gasteiger partial charge in [-0.1, -0.05) is 81.0 Å². The van der Waals surface area contributed by atoms with E-state index in [1.54, 1.807) is 30.6 Å². The third kappa shape index (κ3) is 8.25. The number of nitrogens with zero attached hydrogens (tertiary/aromatic N) is 1. The van der Waals surface area contributed by atoms with Gasteiger partial charge in [0.15, 0.2) is 0 Å². The standard InChI is InChI=1S/C39H41NO6S/c1-43-29-19-20-33(31(25-29)39-40-32-17-11-12-18-36(32)47-39)44-21-13-6-4-2-3-5-7-14-22-45-34-23-28(41)24-35-38(34)30(26-37(42)46-35)27-15-9-8-10-16-27/h8-12,15-20,23-26,37,41-42H,2-7,13-14,21-22H2,1H3. The summed E-state index contributed by atoms with van der Waals surface area (Å²) in [6.07, 6.45) is 9.45. The van der Waals surface area contributed by atoms with Crippen LogP contribution in [0.5, 0.6) is 28.7 Å². The zero-order chi connectivity index (χ0) is 32.4. The number of fused-ring (bicyclic) bond motifs is 2. The van der Waals surface area contributed by atoms with Crippen LogP contribution in [0.25, 0.3) is 26.4 Å². The molecule has 0 radical (unpaired) electrons. The minimum absolute atomic E-state index is 0.0447. The van der Waals surface area contributed by atoms with Crippen LogP contribution in [0.1, 0.15) is 62.5 Å². The number of rotatable bonds is 16. The highest BCUT2D eigenvalue weighted by atomic mass is 32.1. The summed E-state index contributed by atoms with van der Waals surface area (Å²) < 4.78 is 24.6. The normalized spacial score (nSPS) is 13.9. The maximum atomic E-state index is 10.3. The van der Waals surface area contributed by atoms with Gasteiger partial charge in [0.25, 0.3) is 0 Å². The van der Waals surface area contributed by atoms with Gasteiger partial charge < -0.3 is 29.2 Å². The lowest BCUT2D eigenvalue weighted by molar-refractivity contribution is 0.0222. The first-order valence-electron chi connectivity index (χ1n) is 16.4. The molecule has 1 aromatic heterocycles. The number of phenolic OH excluding ortho intramolecular Hbond substituents is 1. The van der Waals surface area contributed by atoms with Crippen molar-refractivity contribution in [1.82, 2.24) is 4.98 Å². The number of hydrogen-bond acceptors (Lipinski definition) is 8. The van der Waals surface area contributed by atoms with Crippen molar-refractivity contribution in [2.24, 2.45) is 0 Å². The van der Waals surface area contributed by atoms with Crippen molar-refractivity contribution in [2.45, 2.75) is 57.7 Å². The highest BCUT2D eigenvalue weighted by Gasteiger charge is 2.25. The predicted octanol–water partition coefficient (Wildman–Crippen LogP) is 9.40. The number of benzene rings is 4. The van der Waals surface area contributed by atoms with E-state index >= 15 is 0 Å². The van der Waals surface area contributed by atoms with Crippen LogP contribution in [0.3, 0.4) is 0 Å². The van der Waals surface area contributed by atoms with Gasteiger partial charge in [-0.3, -0.25) is 0 Å². The zero-order valence-corrected chi connectivity index (χ0v) is 27.5. The first-order chi connectivity index (χ1) is 23.1. The smallest absolute Gasteiger partial charge is 0.218 e. The Morgan fingerprint density at radius 2 is 1.45 bits per heavy atom. The second-order valence-electron chi connectivity index (χ2n) is 11.6. The quantitative estimate of drug-likeness (QED) is 0.103. The van der Waals surface area contributed by atoms with Crippen LogP contribution < -0.4 is 18.9 Å². The van der Waals surface area contributed by atoms with E-state index in [0.29, 0.717) is 24.7 Å². The number of ether oxygens (including phenoxy) is 4. The van der Waals surface area contributed by atoms with E-state index in [4.69, 9.17) is 23.9 Å². The lowest BCUT2D eigenvalue weighted by Crippen LogP contribution is -2.19. The maximum absolute atomic E-state index is 10.3. The van der Waals surface area contributed by atoms with Gasteiger partial charge in [0.05, 0.1) is 41.7 Å². The first kappa shape index (κ1) is 32.4. The Bertz CT molecular complexity index is 1770. The molecule has 0 saturated heterocycles. The average Bonchev–Trinajstić information content (AvgIpc) is 3.53. The summed E-state index contributed by atoms with van der Waals surface area (Å²) in [7, 11) is 1.68. The van der Waals surface area contributed by atoms with Crippen molar-refractivity contribution in [3.63, 3.8) is 0 Å². The van der Waals surface area contributed by atoms with E-state index in [0.717, 1.165) is 81.1 Å². The number of aliphatic hydroxyl groups excluding tert-OH is 1. The molecule has 7 nitrogen and oxygen atoms in total. The molecule has 0 aliphatic carbocycles. The van der Waals surface area contributed by atoms with Gasteiger partial charge in [-0.2, -0.15) is 0 Å². The molecule has 2 heterocycles. The van der Waals surface area contributed by atoms with Crippen molar-refractivity contribution in [1.29, 1.82) is 0 Å². The number of methoxy groups -OCH3 is 1. The van der Waals surface area contributed by atoms with Crippen molar-refractivity contribution >= 4 is 27.1 Å². The number of hydrogen-bond donors (Lipinski definition) is 2. The van der Waals surface area contributed by atoms with Gasteiger partial charge in [-0.15, -0.1) is 11.3 Å². The van der Waals surface area contributed by atoms with Gasteiger partial charge in [-0.05, 0) is 60.4 Å². The Morgan fingerprint density at radius 3 is 2.17 bits per heavy atom. The average molecular weight is 652 g/mol. The van der Waals surface area contributed by atoms with Crippen LogP contribution in [0.2, 0.25) is 0 Å². The summed E-state index contributed by atoms with van der Waals surface area (Å²) in [6, 6.07) is 27.1. The van der Waals surface area contributed by atoms with Crippen LogP contribution in [-0.4, -0.2) is 41.8 Å². The summed E-state index contributed by atoms with van der Waals surface area (Å²) in [5, 5.41) is 21.5. The number of aliphatic hydroxyl groups is 1. The molecule has 8 heteroatoms. The van der Waals surface area contributed by atoms with Gasteiger partial charge in [0, 0.05) is 12.1 Å². The molecular formula is C39H41NO6S. The summed E-state index contributed by atoms with van der Waals surface area (Å²) in [4.78, 5) is 4.83. The molecule has 0 saturated carbocycles. The summed E-state index contributed by atoms with van der Waals surface area (Å²) >= 11 is 1.67. The van der Waals surface area contributed by atoms with Crippen molar-refractivity contribution in [2.75, 3.05) is 20.3 Å². The molecular weight excluding hydrogens is 610 g/mol. The summed E-state index contributed by atoms with van der Waals surface area (Å²) in [5.74, 6) is 2.66. The Kier molecular flexibility index (Phi) is 10.9. The number of unbranched alkanes of at least 4 members (excludes halogenated alkanes) is 7. The Hall–Kier alpha value is -4.53. The second kappa shape index (κ2) is 15.8. The van der Waals surface area contributed by atoms with Crippen LogP contribution in [0.15, 0.2) is 91.0 Å². The molecule has 0 bridgehead atoms. The van der Waals surface area contributed by atoms with Crippen molar-refractivity contribution in [3.8, 4) is 39.3 Å². The van der Waals surface area contributed by atoms with Gasteiger partial charge >= 0.3 is 0 Å². The fourth-order valence-electron chi connectivity index (χ4n) is 5.84. The van der Waals surface area contributed by atoms with Crippen LogP contribution in [-0.2, 0) is 0 Å². The van der Waals surface area contributed by atoms with Crippen molar-refractivity contribution in [3.05, 3.63) is 102 Å². The molecule has 1 atom stereocenters. The fraction of sp³-hybridized carbons (Fsp3) is 0.308. The highest BCUT2D eigenvalue weighted by molar-refractivity contribution is 7.21. The highest BCUT2D eigenvalue weighted by Crippen LogP contribution is 2.44. The van der Waals surface area contributed by atoms with Gasteiger partial charge in [0.1, 0.15) is 33.8 Å². The second-order valence-corrected chi connectivity index (χ2v) is 12.7. The predicted molar refractivity (Wildman–Crippen MR) is 188 cm³/mol. The van der Waals surface area contributed by atoms with E-state index in [1.165, 1.54) is 25.3 Å². The third-order valence-electron chi connectivity index (χ3n) is 8.23. The molecule has 4 aromatic carbocycles. The molecule has 0 amide bonds. The molecule has 5 aromatic rings. The Balaban J connectivity index is 0.899. The van der Waals surface area contributed by atoms with E-state index in [1.807, 2.05) is 66.7 Å². The molecule has 47 heavy (non-hydrogen) atoms. The molecule has 2 N–H and O–H groups in total. The molecule has 1 aliphatic heterocycles. The summed E-state index contributed by atoms with van der Waals surface area (Å²) in [5.41, 5.74) is 4.50. The van der Waals surface area contributed by atoms with Crippen LogP contribution in [0, 0.1) is 0 Å². The SMILES string of the molecule is COc1ccc(OCCCCCCCCCCOc2cc(O)cc3c2C(c2ccccc2)=CC(O)O3)c(-c2nc3ccccc3s2)c1. The Morgan fingerprint density at radius 1 is 0.766 bits per heavy atom. The molecule has 1 unspecified atom stereocenters. The van der Waals surface area contributed by atoms with Crippen LogP contribution in [0.4, 0.5) is 0 Å². The molecule has 244 valence electrons. The van der Waals surface area contributed by atoms with Crippen molar-refractivity contribution < 1.29 is 29.2 Å². The number of thiazole rings is 1. The fourth-order valence-corrected chi connectivity index (χ4v) is 6.83. The monoisotopic (exact) mass is 651 g/mol. The topological polar surface area (TPSA) is 90.3 Å². The maximum Gasteiger partial charge on any atom is 0.218 e. The van der Waals surface area contributed by atoms with Gasteiger partial charge in [0.2, 0.25) is 6.29 Å². The first-order valence-corrected chi connectivity index (χ1v) is 17.2. The minimum Gasteiger partial charge on any atom is -0.508 e. The zero-order valence-electron chi connectivity index (χ0n) is 26.7. The number of phenols is 1. The molecule has 0 spiro atoms. The Labute approximate surface area is 280 Å².